The van der Waals surface area contributed by atoms with Crippen molar-refractivity contribution in [1.82, 2.24) is 15.0 Å². The standard InChI is InChI=1S/C14H17N5O/c1-4-18(5-2)14-13(10-15)16-19(17-14)11-6-8-12(20-3)9-7-11/h6-9H,4-5H2,1-3H3. The molecular weight excluding hydrogens is 254 g/mol. The van der Waals surface area contributed by atoms with E-state index >= 15 is 0 Å². The van der Waals surface area contributed by atoms with Crippen LogP contribution in [0.1, 0.15) is 19.5 Å². The van der Waals surface area contributed by atoms with Gasteiger partial charge in [-0.1, -0.05) is 0 Å². The van der Waals surface area contributed by atoms with Crippen LogP contribution in [0.4, 0.5) is 5.82 Å². The lowest BCUT2D eigenvalue weighted by molar-refractivity contribution is 0.414. The molecule has 2 aromatic rings. The Balaban J connectivity index is 2.40. The van der Waals surface area contributed by atoms with Crippen LogP contribution in [-0.2, 0) is 0 Å². The maximum Gasteiger partial charge on any atom is 0.207 e. The number of hydrogen-bond donors (Lipinski definition) is 0. The van der Waals surface area contributed by atoms with E-state index in [-0.39, 0.29) is 0 Å². The lowest BCUT2D eigenvalue weighted by Crippen LogP contribution is -2.23. The first-order chi connectivity index (χ1) is 9.73. The second kappa shape index (κ2) is 6.06. The maximum atomic E-state index is 9.19. The molecule has 0 radical (unpaired) electrons. The minimum Gasteiger partial charge on any atom is -0.497 e. The minimum absolute atomic E-state index is 0.338. The molecule has 6 heteroatoms. The summed E-state index contributed by atoms with van der Waals surface area (Å²) < 4.78 is 5.12. The van der Waals surface area contributed by atoms with E-state index in [0.717, 1.165) is 24.5 Å². The highest BCUT2D eigenvalue weighted by molar-refractivity contribution is 5.50. The van der Waals surface area contributed by atoms with Gasteiger partial charge in [0.1, 0.15) is 11.8 Å². The fraction of sp³-hybridized carbons (Fsp3) is 0.357. The summed E-state index contributed by atoms with van der Waals surface area (Å²) in [7, 11) is 1.62. The summed E-state index contributed by atoms with van der Waals surface area (Å²) >= 11 is 0. The second-order valence-electron chi connectivity index (χ2n) is 4.14. The highest BCUT2D eigenvalue weighted by atomic mass is 16.5. The molecule has 2 rings (SSSR count). The van der Waals surface area contributed by atoms with E-state index in [9.17, 15) is 5.26 Å². The normalized spacial score (nSPS) is 10.1. The van der Waals surface area contributed by atoms with Crippen LogP contribution in [0.5, 0.6) is 5.75 Å². The summed E-state index contributed by atoms with van der Waals surface area (Å²) in [6, 6.07) is 9.47. The molecule has 1 aromatic carbocycles. The Morgan fingerprint density at radius 3 is 2.35 bits per heavy atom. The van der Waals surface area contributed by atoms with Gasteiger partial charge in [-0.05, 0) is 38.1 Å². The zero-order chi connectivity index (χ0) is 14.5. The van der Waals surface area contributed by atoms with Gasteiger partial charge < -0.3 is 9.64 Å². The van der Waals surface area contributed by atoms with E-state index in [1.165, 1.54) is 4.80 Å². The summed E-state index contributed by atoms with van der Waals surface area (Å²) in [6.07, 6.45) is 0. The van der Waals surface area contributed by atoms with E-state index in [1.54, 1.807) is 7.11 Å². The van der Waals surface area contributed by atoms with E-state index < -0.39 is 0 Å². The molecule has 6 nitrogen and oxygen atoms in total. The van der Waals surface area contributed by atoms with Gasteiger partial charge in [-0.25, -0.2) is 0 Å². The predicted molar refractivity (Wildman–Crippen MR) is 76.2 cm³/mol. The molecule has 0 amide bonds. The summed E-state index contributed by atoms with van der Waals surface area (Å²) in [5.41, 5.74) is 1.13. The van der Waals surface area contributed by atoms with Crippen LogP contribution in [0.3, 0.4) is 0 Å². The molecule has 0 bridgehead atoms. The molecule has 0 N–H and O–H groups in total. The number of methoxy groups -OCH3 is 1. The van der Waals surface area contributed by atoms with Crippen molar-refractivity contribution in [3.05, 3.63) is 30.0 Å². The van der Waals surface area contributed by atoms with Crippen LogP contribution < -0.4 is 9.64 Å². The summed E-state index contributed by atoms with van der Waals surface area (Å²) in [6.45, 7) is 5.62. The number of anilines is 1. The third-order valence-corrected chi connectivity index (χ3v) is 3.07. The first-order valence-electron chi connectivity index (χ1n) is 6.50. The Morgan fingerprint density at radius 2 is 1.85 bits per heavy atom. The number of ether oxygens (including phenoxy) is 1. The molecule has 0 spiro atoms. The zero-order valence-corrected chi connectivity index (χ0v) is 11.9. The highest BCUT2D eigenvalue weighted by Crippen LogP contribution is 2.18. The van der Waals surface area contributed by atoms with E-state index in [1.807, 2.05) is 43.0 Å². The zero-order valence-electron chi connectivity index (χ0n) is 11.9. The second-order valence-corrected chi connectivity index (χ2v) is 4.14. The first-order valence-corrected chi connectivity index (χ1v) is 6.50. The largest absolute Gasteiger partial charge is 0.497 e. The van der Waals surface area contributed by atoms with Crippen molar-refractivity contribution < 1.29 is 4.74 Å². The molecule has 0 atom stereocenters. The van der Waals surface area contributed by atoms with Crippen LogP contribution in [0, 0.1) is 11.3 Å². The molecule has 0 aliphatic heterocycles. The SMILES string of the molecule is CCN(CC)c1nn(-c2ccc(OC)cc2)nc1C#N. The average molecular weight is 271 g/mol. The van der Waals surface area contributed by atoms with Crippen LogP contribution >= 0.6 is 0 Å². The van der Waals surface area contributed by atoms with Gasteiger partial charge in [0, 0.05) is 13.1 Å². The van der Waals surface area contributed by atoms with Crippen molar-refractivity contribution in [1.29, 1.82) is 5.26 Å². The van der Waals surface area contributed by atoms with Crippen molar-refractivity contribution in [3.8, 4) is 17.5 Å². The molecule has 104 valence electrons. The first kappa shape index (κ1) is 13.9. The molecule has 0 aliphatic carbocycles. The smallest absolute Gasteiger partial charge is 0.207 e. The molecule has 0 fully saturated rings. The number of aromatic nitrogens is 3. The minimum atomic E-state index is 0.338. The molecule has 0 saturated heterocycles. The fourth-order valence-corrected chi connectivity index (χ4v) is 1.94. The lowest BCUT2D eigenvalue weighted by atomic mass is 10.3. The Morgan fingerprint density at radius 1 is 1.20 bits per heavy atom. The van der Waals surface area contributed by atoms with Gasteiger partial charge in [0.05, 0.1) is 12.8 Å². The van der Waals surface area contributed by atoms with Gasteiger partial charge >= 0.3 is 0 Å². The molecule has 20 heavy (non-hydrogen) atoms. The molecule has 1 aromatic heterocycles. The van der Waals surface area contributed by atoms with Crippen LogP contribution in [0.25, 0.3) is 5.69 Å². The molecular formula is C14H17N5O. The van der Waals surface area contributed by atoms with Crippen molar-refractivity contribution >= 4 is 5.82 Å². The molecule has 0 aliphatic rings. The summed E-state index contributed by atoms with van der Waals surface area (Å²) in [5.74, 6) is 1.39. The monoisotopic (exact) mass is 271 g/mol. The van der Waals surface area contributed by atoms with Crippen molar-refractivity contribution in [2.75, 3.05) is 25.1 Å². The van der Waals surface area contributed by atoms with Crippen LogP contribution in [0.15, 0.2) is 24.3 Å². The topological polar surface area (TPSA) is 67.0 Å². The van der Waals surface area contributed by atoms with Gasteiger partial charge in [0.2, 0.25) is 5.69 Å². The molecule has 1 heterocycles. The molecule has 0 unspecified atom stereocenters. The quantitative estimate of drug-likeness (QED) is 0.832. The van der Waals surface area contributed by atoms with Gasteiger partial charge in [0.25, 0.3) is 0 Å². The summed E-state index contributed by atoms with van der Waals surface area (Å²) in [5, 5.41) is 17.8. The van der Waals surface area contributed by atoms with Crippen LogP contribution in [-0.4, -0.2) is 35.2 Å². The summed E-state index contributed by atoms with van der Waals surface area (Å²) in [4.78, 5) is 3.48. The third-order valence-electron chi connectivity index (χ3n) is 3.07. The number of nitrogens with zero attached hydrogens (tertiary/aromatic N) is 5. The van der Waals surface area contributed by atoms with Gasteiger partial charge in [-0.3, -0.25) is 0 Å². The van der Waals surface area contributed by atoms with Crippen molar-refractivity contribution in [2.45, 2.75) is 13.8 Å². The highest BCUT2D eigenvalue weighted by Gasteiger charge is 2.16. The number of nitriles is 1. The maximum absolute atomic E-state index is 9.19. The van der Waals surface area contributed by atoms with E-state index in [2.05, 4.69) is 16.3 Å². The average Bonchev–Trinajstić information content (AvgIpc) is 2.93. The lowest BCUT2D eigenvalue weighted by Gasteiger charge is -2.16. The van der Waals surface area contributed by atoms with Gasteiger partial charge in [-0.15, -0.1) is 15.0 Å². The van der Waals surface area contributed by atoms with Crippen LogP contribution in [0.2, 0.25) is 0 Å². The number of benzene rings is 1. The Labute approximate surface area is 118 Å². The molecule has 0 saturated carbocycles. The Hall–Kier alpha value is -2.55. The Kier molecular flexibility index (Phi) is 4.20. The van der Waals surface area contributed by atoms with Crippen molar-refractivity contribution in [3.63, 3.8) is 0 Å². The fourth-order valence-electron chi connectivity index (χ4n) is 1.94. The number of hydrogen-bond acceptors (Lipinski definition) is 5. The van der Waals surface area contributed by atoms with Gasteiger partial charge in [0.15, 0.2) is 5.82 Å². The van der Waals surface area contributed by atoms with Crippen molar-refractivity contribution in [2.24, 2.45) is 0 Å². The third kappa shape index (κ3) is 2.57. The van der Waals surface area contributed by atoms with Gasteiger partial charge in [-0.2, -0.15) is 5.26 Å². The number of rotatable bonds is 5. The Bertz CT molecular complexity index is 607. The van der Waals surface area contributed by atoms with E-state index in [4.69, 9.17) is 4.74 Å². The predicted octanol–water partition coefficient (Wildman–Crippen LogP) is 1.99. The van der Waals surface area contributed by atoms with E-state index in [0.29, 0.717) is 11.5 Å².